The van der Waals surface area contributed by atoms with Gasteiger partial charge in [0.1, 0.15) is 16.7 Å². The van der Waals surface area contributed by atoms with Crippen LogP contribution in [0.3, 0.4) is 0 Å². The van der Waals surface area contributed by atoms with Gasteiger partial charge in [-0.2, -0.15) is 0 Å². The van der Waals surface area contributed by atoms with Crippen LogP contribution in [0.15, 0.2) is 48.9 Å². The Bertz CT molecular complexity index is 1440. The Morgan fingerprint density at radius 3 is 2.60 bits per heavy atom. The van der Waals surface area contributed by atoms with E-state index in [2.05, 4.69) is 20.3 Å². The van der Waals surface area contributed by atoms with Crippen LogP contribution in [-0.4, -0.2) is 33.8 Å². The molecule has 0 bridgehead atoms. The normalized spacial score (nSPS) is 10.8. The number of hydrogen-bond donors (Lipinski definition) is 1. The number of nitrogens with one attached hydrogen (secondary N) is 1. The summed E-state index contributed by atoms with van der Waals surface area (Å²) in [7, 11) is 1.49. The van der Waals surface area contributed by atoms with Gasteiger partial charge in [0.15, 0.2) is 10.9 Å². The predicted octanol–water partition coefficient (Wildman–Crippen LogP) is 6.04. The number of nitrogens with zero attached hydrogens (tertiary/aromatic N) is 3. The van der Waals surface area contributed by atoms with Crippen LogP contribution in [0.2, 0.25) is 10.2 Å². The van der Waals surface area contributed by atoms with E-state index in [-0.39, 0.29) is 43.5 Å². The second-order valence-corrected chi connectivity index (χ2v) is 9.25. The fraction of sp³-hybridized carbons (Fsp3) is 0.125. The highest BCUT2D eigenvalue weighted by Gasteiger charge is 2.20. The molecule has 11 heteroatoms. The molecule has 35 heavy (non-hydrogen) atoms. The Balaban J connectivity index is 1.57. The highest BCUT2D eigenvalue weighted by molar-refractivity contribution is 7.17. The van der Waals surface area contributed by atoms with Gasteiger partial charge in [-0.15, -0.1) is 0 Å². The molecule has 1 N–H and O–H groups in total. The number of ether oxygens (including phenoxy) is 1. The SMILES string of the molecule is COc1cnc(Cl)cc1-c1cc(C)ncc1C(=O)Nc1ncc(C(=O)Cc2ccc(Cl)cc2F)s1. The number of carbonyl (C=O) groups is 2. The highest BCUT2D eigenvalue weighted by Crippen LogP contribution is 2.34. The van der Waals surface area contributed by atoms with Crippen LogP contribution in [-0.2, 0) is 6.42 Å². The number of thiazole rings is 1. The van der Waals surface area contributed by atoms with Crippen molar-refractivity contribution in [1.29, 1.82) is 0 Å². The summed E-state index contributed by atoms with van der Waals surface area (Å²) in [4.78, 5) is 38.4. The van der Waals surface area contributed by atoms with Crippen LogP contribution in [0.1, 0.15) is 31.3 Å². The molecule has 1 amide bonds. The van der Waals surface area contributed by atoms with Gasteiger partial charge in [0.25, 0.3) is 5.91 Å². The van der Waals surface area contributed by atoms with Gasteiger partial charge >= 0.3 is 0 Å². The summed E-state index contributed by atoms with van der Waals surface area (Å²) in [6.45, 7) is 1.79. The molecule has 3 heterocycles. The minimum absolute atomic E-state index is 0.160. The highest BCUT2D eigenvalue weighted by atomic mass is 35.5. The van der Waals surface area contributed by atoms with E-state index in [1.54, 1.807) is 19.1 Å². The van der Waals surface area contributed by atoms with Crippen LogP contribution in [0, 0.1) is 12.7 Å². The van der Waals surface area contributed by atoms with Crippen LogP contribution in [0.4, 0.5) is 9.52 Å². The van der Waals surface area contributed by atoms with E-state index in [0.29, 0.717) is 22.6 Å². The second-order valence-electron chi connectivity index (χ2n) is 7.40. The van der Waals surface area contributed by atoms with E-state index in [9.17, 15) is 14.0 Å². The van der Waals surface area contributed by atoms with E-state index >= 15 is 0 Å². The third kappa shape index (κ3) is 5.64. The molecule has 0 radical (unpaired) electrons. The molecule has 0 fully saturated rings. The molecule has 0 aliphatic carbocycles. The number of methoxy groups -OCH3 is 1. The van der Waals surface area contributed by atoms with E-state index in [4.69, 9.17) is 27.9 Å². The van der Waals surface area contributed by atoms with Gasteiger partial charge in [0.05, 0.1) is 29.9 Å². The molecular weight excluding hydrogens is 514 g/mol. The Kier molecular flexibility index (Phi) is 7.39. The summed E-state index contributed by atoms with van der Waals surface area (Å²) in [6.07, 6.45) is 4.09. The van der Waals surface area contributed by atoms with Crippen LogP contribution >= 0.6 is 34.5 Å². The molecule has 0 spiro atoms. The molecule has 178 valence electrons. The Labute approximate surface area is 213 Å². The zero-order chi connectivity index (χ0) is 25.1. The van der Waals surface area contributed by atoms with Crippen molar-refractivity contribution in [2.75, 3.05) is 12.4 Å². The molecule has 0 aliphatic heterocycles. The fourth-order valence-electron chi connectivity index (χ4n) is 3.30. The zero-order valence-electron chi connectivity index (χ0n) is 18.4. The zero-order valence-corrected chi connectivity index (χ0v) is 20.8. The summed E-state index contributed by atoms with van der Waals surface area (Å²) < 4.78 is 19.4. The van der Waals surface area contributed by atoms with Crippen LogP contribution < -0.4 is 10.1 Å². The third-order valence-electron chi connectivity index (χ3n) is 5.00. The topological polar surface area (TPSA) is 94.1 Å². The first kappa shape index (κ1) is 24.7. The lowest BCUT2D eigenvalue weighted by Crippen LogP contribution is -2.14. The molecule has 1 aromatic carbocycles. The molecule has 4 rings (SSSR count). The summed E-state index contributed by atoms with van der Waals surface area (Å²) in [5.41, 5.74) is 2.27. The van der Waals surface area contributed by atoms with E-state index in [0.717, 1.165) is 17.4 Å². The maximum atomic E-state index is 14.0. The van der Waals surface area contributed by atoms with Crippen molar-refractivity contribution in [3.05, 3.63) is 86.6 Å². The number of carbonyl (C=O) groups excluding carboxylic acids is 2. The molecule has 0 saturated heterocycles. The number of pyridine rings is 2. The molecule has 3 aromatic heterocycles. The monoisotopic (exact) mass is 530 g/mol. The molecule has 0 atom stereocenters. The molecular formula is C24H17Cl2FN4O3S. The lowest BCUT2D eigenvalue weighted by molar-refractivity contribution is 0.0993. The van der Waals surface area contributed by atoms with Crippen molar-refractivity contribution in [2.45, 2.75) is 13.3 Å². The Morgan fingerprint density at radius 2 is 1.86 bits per heavy atom. The Hall–Kier alpha value is -3.40. The molecule has 0 aliphatic rings. The van der Waals surface area contributed by atoms with Gasteiger partial charge < -0.3 is 4.74 Å². The average molecular weight is 531 g/mol. The number of halogens is 3. The standard InChI is InChI=1S/C24H17Cl2FN4O3S/c1-12-5-15(16-8-22(26)29-10-20(16)34-2)17(9-28-12)23(33)31-24-30-11-21(35-24)19(32)6-13-3-4-14(25)7-18(13)27/h3-5,7-11H,6H2,1-2H3,(H,30,31,33). The van der Waals surface area contributed by atoms with Gasteiger partial charge in [-0.3, -0.25) is 19.9 Å². The van der Waals surface area contributed by atoms with Gasteiger partial charge in [-0.25, -0.2) is 14.4 Å². The first-order chi connectivity index (χ1) is 16.7. The third-order valence-corrected chi connectivity index (χ3v) is 6.39. The van der Waals surface area contributed by atoms with Gasteiger partial charge in [-0.05, 0) is 36.8 Å². The van der Waals surface area contributed by atoms with Crippen molar-refractivity contribution in [2.24, 2.45) is 0 Å². The second kappa shape index (κ2) is 10.5. The first-order valence-corrected chi connectivity index (χ1v) is 11.7. The van der Waals surface area contributed by atoms with E-state index in [1.807, 2.05) is 0 Å². The number of ketones is 1. The van der Waals surface area contributed by atoms with Gasteiger partial charge in [0.2, 0.25) is 0 Å². The molecule has 7 nitrogen and oxygen atoms in total. The van der Waals surface area contributed by atoms with E-state index in [1.165, 1.54) is 37.8 Å². The van der Waals surface area contributed by atoms with Crippen molar-refractivity contribution in [1.82, 2.24) is 15.0 Å². The number of aromatic nitrogens is 3. The predicted molar refractivity (Wildman–Crippen MR) is 133 cm³/mol. The summed E-state index contributed by atoms with van der Waals surface area (Å²) in [6, 6.07) is 7.47. The number of rotatable bonds is 7. The minimum atomic E-state index is -0.560. The summed E-state index contributed by atoms with van der Waals surface area (Å²) >= 11 is 12.8. The summed E-state index contributed by atoms with van der Waals surface area (Å²) in [5, 5.41) is 3.39. The smallest absolute Gasteiger partial charge is 0.259 e. The lowest BCUT2D eigenvalue weighted by Gasteiger charge is -2.13. The van der Waals surface area contributed by atoms with E-state index < -0.39 is 11.7 Å². The minimum Gasteiger partial charge on any atom is -0.494 e. The lowest BCUT2D eigenvalue weighted by atomic mass is 10.0. The maximum absolute atomic E-state index is 14.0. The number of Topliss-reactive ketones (excluding diaryl/α,β-unsaturated/α-hetero) is 1. The van der Waals surface area contributed by atoms with Gasteiger partial charge in [0, 0.05) is 34.5 Å². The van der Waals surface area contributed by atoms with Crippen molar-refractivity contribution < 1.29 is 18.7 Å². The van der Waals surface area contributed by atoms with Gasteiger partial charge in [-0.1, -0.05) is 40.6 Å². The molecule has 0 saturated carbocycles. The van der Waals surface area contributed by atoms with Crippen molar-refractivity contribution >= 4 is 51.4 Å². The first-order valence-electron chi connectivity index (χ1n) is 10.2. The fourth-order valence-corrected chi connectivity index (χ4v) is 4.37. The average Bonchev–Trinajstić information content (AvgIpc) is 3.29. The molecule has 4 aromatic rings. The maximum Gasteiger partial charge on any atom is 0.259 e. The number of hydrogen-bond acceptors (Lipinski definition) is 7. The quantitative estimate of drug-likeness (QED) is 0.231. The molecule has 0 unspecified atom stereocenters. The van der Waals surface area contributed by atoms with Crippen LogP contribution in [0.25, 0.3) is 11.1 Å². The number of amides is 1. The van der Waals surface area contributed by atoms with Crippen molar-refractivity contribution in [3.8, 4) is 16.9 Å². The largest absolute Gasteiger partial charge is 0.494 e. The van der Waals surface area contributed by atoms with Crippen LogP contribution in [0.5, 0.6) is 5.75 Å². The number of aryl methyl sites for hydroxylation is 1. The summed E-state index contributed by atoms with van der Waals surface area (Å²) in [5.74, 6) is -0.946. The Morgan fingerprint density at radius 1 is 1.06 bits per heavy atom. The number of anilines is 1. The van der Waals surface area contributed by atoms with Crippen molar-refractivity contribution in [3.63, 3.8) is 0 Å². The number of benzene rings is 1.